The minimum Gasteiger partial charge on any atom is -0.366 e. The zero-order valence-corrected chi connectivity index (χ0v) is 12.7. The van der Waals surface area contributed by atoms with Gasteiger partial charge < -0.3 is 16.4 Å². The second-order valence-electron chi connectivity index (χ2n) is 5.24. The SMILES string of the molecule is Cl.NC(=O)c1cccc(CCNC(=O)CNCC2CC2)c1. The van der Waals surface area contributed by atoms with E-state index in [2.05, 4.69) is 10.6 Å². The van der Waals surface area contributed by atoms with E-state index in [9.17, 15) is 9.59 Å². The van der Waals surface area contributed by atoms with Crippen LogP contribution in [-0.4, -0.2) is 31.4 Å². The van der Waals surface area contributed by atoms with E-state index in [1.54, 1.807) is 18.2 Å². The van der Waals surface area contributed by atoms with Crippen LogP contribution in [0, 0.1) is 5.92 Å². The highest BCUT2D eigenvalue weighted by molar-refractivity contribution is 5.92. The van der Waals surface area contributed by atoms with Crippen molar-refractivity contribution >= 4 is 24.2 Å². The lowest BCUT2D eigenvalue weighted by Crippen LogP contribution is -2.35. The number of nitrogens with two attached hydrogens (primary N) is 1. The molecule has 0 saturated heterocycles. The topological polar surface area (TPSA) is 84.2 Å². The number of rotatable bonds is 8. The van der Waals surface area contributed by atoms with Gasteiger partial charge in [0.25, 0.3) is 0 Å². The van der Waals surface area contributed by atoms with Gasteiger partial charge in [-0.3, -0.25) is 9.59 Å². The third-order valence-corrected chi connectivity index (χ3v) is 3.36. The second kappa shape index (κ2) is 8.64. The summed E-state index contributed by atoms with van der Waals surface area (Å²) >= 11 is 0. The minimum atomic E-state index is -0.430. The summed E-state index contributed by atoms with van der Waals surface area (Å²) in [5, 5.41) is 6.00. The van der Waals surface area contributed by atoms with Crippen molar-refractivity contribution < 1.29 is 9.59 Å². The van der Waals surface area contributed by atoms with Gasteiger partial charge in [-0.25, -0.2) is 0 Å². The molecule has 1 saturated carbocycles. The third kappa shape index (κ3) is 6.60. The van der Waals surface area contributed by atoms with Gasteiger partial charge in [-0.05, 0) is 49.4 Å². The Balaban J connectivity index is 0.00000220. The maximum atomic E-state index is 11.6. The van der Waals surface area contributed by atoms with Crippen molar-refractivity contribution in [3.05, 3.63) is 35.4 Å². The molecule has 1 aromatic rings. The molecule has 0 bridgehead atoms. The summed E-state index contributed by atoms with van der Waals surface area (Å²) in [7, 11) is 0. The van der Waals surface area contributed by atoms with Gasteiger partial charge in [0.15, 0.2) is 0 Å². The van der Waals surface area contributed by atoms with E-state index in [1.807, 2.05) is 6.07 Å². The van der Waals surface area contributed by atoms with E-state index in [1.165, 1.54) is 12.8 Å². The van der Waals surface area contributed by atoms with Gasteiger partial charge >= 0.3 is 0 Å². The van der Waals surface area contributed by atoms with Gasteiger partial charge in [0.2, 0.25) is 11.8 Å². The molecule has 0 aliphatic heterocycles. The van der Waals surface area contributed by atoms with E-state index in [4.69, 9.17) is 5.73 Å². The van der Waals surface area contributed by atoms with Crippen LogP contribution in [0.2, 0.25) is 0 Å². The van der Waals surface area contributed by atoms with Crippen LogP contribution < -0.4 is 16.4 Å². The van der Waals surface area contributed by atoms with Gasteiger partial charge in [-0.2, -0.15) is 0 Å². The summed E-state index contributed by atoms with van der Waals surface area (Å²) in [6, 6.07) is 7.17. The molecule has 2 amide bonds. The molecule has 4 N–H and O–H groups in total. The van der Waals surface area contributed by atoms with Crippen LogP contribution in [-0.2, 0) is 11.2 Å². The van der Waals surface area contributed by atoms with Crippen LogP contribution in [0.25, 0.3) is 0 Å². The molecule has 5 nitrogen and oxygen atoms in total. The minimum absolute atomic E-state index is 0. The Kier molecular flexibility index (Phi) is 7.19. The highest BCUT2D eigenvalue weighted by Gasteiger charge is 2.20. The molecule has 1 aliphatic rings. The molecular formula is C15H22ClN3O2. The highest BCUT2D eigenvalue weighted by Crippen LogP contribution is 2.27. The van der Waals surface area contributed by atoms with E-state index in [0.29, 0.717) is 25.1 Å². The Morgan fingerprint density at radius 1 is 1.29 bits per heavy atom. The fourth-order valence-corrected chi connectivity index (χ4v) is 2.00. The Hall–Kier alpha value is -1.59. The standard InChI is InChI=1S/C15H21N3O2.ClH/c16-15(20)13-3-1-2-11(8-13)6-7-18-14(19)10-17-9-12-4-5-12;/h1-3,8,12,17H,4-7,9-10H2,(H2,16,20)(H,18,19);1H. The fraction of sp³-hybridized carbons (Fsp3) is 0.467. The molecule has 2 rings (SSSR count). The van der Waals surface area contributed by atoms with Crippen LogP contribution in [0.15, 0.2) is 24.3 Å². The molecule has 0 spiro atoms. The molecular weight excluding hydrogens is 290 g/mol. The van der Waals surface area contributed by atoms with Crippen LogP contribution in [0.1, 0.15) is 28.8 Å². The van der Waals surface area contributed by atoms with Gasteiger partial charge in [-0.1, -0.05) is 12.1 Å². The molecule has 0 radical (unpaired) electrons. The summed E-state index contributed by atoms with van der Waals surface area (Å²) in [5.74, 6) is 0.358. The fourth-order valence-electron chi connectivity index (χ4n) is 2.00. The van der Waals surface area contributed by atoms with Crippen LogP contribution in [0.5, 0.6) is 0 Å². The number of hydrogen-bond donors (Lipinski definition) is 3. The molecule has 0 heterocycles. The lowest BCUT2D eigenvalue weighted by molar-refractivity contribution is -0.120. The molecule has 21 heavy (non-hydrogen) atoms. The van der Waals surface area contributed by atoms with Crippen LogP contribution in [0.4, 0.5) is 0 Å². The third-order valence-electron chi connectivity index (χ3n) is 3.36. The van der Waals surface area contributed by atoms with Crippen LogP contribution in [0.3, 0.4) is 0 Å². The first-order valence-corrected chi connectivity index (χ1v) is 7.01. The molecule has 1 aliphatic carbocycles. The normalized spacial score (nSPS) is 13.3. The number of benzene rings is 1. The summed E-state index contributed by atoms with van der Waals surface area (Å²) in [5.41, 5.74) is 6.72. The van der Waals surface area contributed by atoms with Gasteiger partial charge in [0.05, 0.1) is 6.54 Å². The average molecular weight is 312 g/mol. The predicted molar refractivity (Wildman–Crippen MR) is 84.5 cm³/mol. The van der Waals surface area contributed by atoms with Gasteiger partial charge in [0.1, 0.15) is 0 Å². The summed E-state index contributed by atoms with van der Waals surface area (Å²) < 4.78 is 0. The Labute approximate surface area is 131 Å². The quantitative estimate of drug-likeness (QED) is 0.666. The predicted octanol–water partition coefficient (Wildman–Crippen LogP) is 0.866. The first-order chi connectivity index (χ1) is 9.65. The molecule has 1 aromatic carbocycles. The first-order valence-electron chi connectivity index (χ1n) is 7.01. The van der Waals surface area contributed by atoms with Gasteiger partial charge in [-0.15, -0.1) is 12.4 Å². The number of nitrogens with one attached hydrogen (secondary N) is 2. The number of hydrogen-bond acceptors (Lipinski definition) is 3. The van der Waals surface area contributed by atoms with E-state index >= 15 is 0 Å². The van der Waals surface area contributed by atoms with Crippen molar-refractivity contribution in [3.63, 3.8) is 0 Å². The van der Waals surface area contributed by atoms with Crippen molar-refractivity contribution in [1.29, 1.82) is 0 Å². The summed E-state index contributed by atoms with van der Waals surface area (Å²) in [6.07, 6.45) is 3.26. The maximum absolute atomic E-state index is 11.6. The zero-order chi connectivity index (χ0) is 14.4. The van der Waals surface area contributed by atoms with Gasteiger partial charge in [0, 0.05) is 12.1 Å². The number of carbonyl (C=O) groups excluding carboxylic acids is 2. The van der Waals surface area contributed by atoms with Crippen molar-refractivity contribution in [2.24, 2.45) is 11.7 Å². The number of carbonyl (C=O) groups is 2. The largest absolute Gasteiger partial charge is 0.366 e. The summed E-state index contributed by atoms with van der Waals surface area (Å²) in [6.45, 7) is 1.87. The number of amides is 2. The molecule has 0 aromatic heterocycles. The summed E-state index contributed by atoms with van der Waals surface area (Å²) in [4.78, 5) is 22.6. The Morgan fingerprint density at radius 3 is 2.71 bits per heavy atom. The second-order valence-corrected chi connectivity index (χ2v) is 5.24. The lowest BCUT2D eigenvalue weighted by atomic mass is 10.1. The van der Waals surface area contributed by atoms with E-state index < -0.39 is 5.91 Å². The molecule has 0 atom stereocenters. The smallest absolute Gasteiger partial charge is 0.248 e. The average Bonchev–Trinajstić information content (AvgIpc) is 3.23. The first kappa shape index (κ1) is 17.5. The Morgan fingerprint density at radius 2 is 2.05 bits per heavy atom. The van der Waals surface area contributed by atoms with E-state index in [-0.39, 0.29) is 18.3 Å². The van der Waals surface area contributed by atoms with Crippen molar-refractivity contribution in [2.75, 3.05) is 19.6 Å². The van der Waals surface area contributed by atoms with Crippen molar-refractivity contribution in [3.8, 4) is 0 Å². The Bertz CT molecular complexity index is 490. The van der Waals surface area contributed by atoms with Crippen molar-refractivity contribution in [1.82, 2.24) is 10.6 Å². The number of halogens is 1. The van der Waals surface area contributed by atoms with E-state index in [0.717, 1.165) is 18.0 Å². The monoisotopic (exact) mass is 311 g/mol. The van der Waals surface area contributed by atoms with Crippen LogP contribution >= 0.6 is 12.4 Å². The highest BCUT2D eigenvalue weighted by atomic mass is 35.5. The zero-order valence-electron chi connectivity index (χ0n) is 11.9. The number of primary amides is 1. The molecule has 6 heteroatoms. The molecule has 0 unspecified atom stereocenters. The van der Waals surface area contributed by atoms with Crippen molar-refractivity contribution in [2.45, 2.75) is 19.3 Å². The maximum Gasteiger partial charge on any atom is 0.248 e. The lowest BCUT2D eigenvalue weighted by Gasteiger charge is -2.07. The molecule has 116 valence electrons. The molecule has 1 fully saturated rings.